The van der Waals surface area contributed by atoms with Gasteiger partial charge in [0, 0.05) is 20.9 Å². The van der Waals surface area contributed by atoms with E-state index in [-0.39, 0.29) is 18.4 Å². The van der Waals surface area contributed by atoms with Gasteiger partial charge in [0.05, 0.1) is 13.7 Å². The van der Waals surface area contributed by atoms with Crippen molar-refractivity contribution in [2.75, 3.05) is 13.7 Å². The third-order valence-electron chi connectivity index (χ3n) is 2.10. The summed E-state index contributed by atoms with van der Waals surface area (Å²) < 4.78 is 9.55. The maximum atomic E-state index is 11.2. The molecule has 0 spiro atoms. The summed E-state index contributed by atoms with van der Waals surface area (Å²) in [6.45, 7) is 7.21. The van der Waals surface area contributed by atoms with Gasteiger partial charge in [-0.05, 0) is 12.5 Å². The van der Waals surface area contributed by atoms with Gasteiger partial charge >= 0.3 is 11.9 Å². The van der Waals surface area contributed by atoms with Gasteiger partial charge < -0.3 is 9.47 Å². The highest BCUT2D eigenvalue weighted by atomic mass is 28.3. The highest BCUT2D eigenvalue weighted by Crippen LogP contribution is 2.08. The van der Waals surface area contributed by atoms with Gasteiger partial charge in [-0.15, -0.1) is 0 Å². The van der Waals surface area contributed by atoms with Crippen molar-refractivity contribution < 1.29 is 19.1 Å². The Labute approximate surface area is 98.3 Å². The van der Waals surface area contributed by atoms with E-state index in [1.807, 2.05) is 0 Å². The van der Waals surface area contributed by atoms with Gasteiger partial charge in [-0.25, -0.2) is 0 Å². The average molecular weight is 246 g/mol. The summed E-state index contributed by atoms with van der Waals surface area (Å²) in [5.41, 5.74) is 0. The predicted octanol–water partition coefficient (Wildman–Crippen LogP) is 2.21. The molecular formula is C11H22O4Si. The molecule has 0 atom stereocenters. The second-order valence-corrected chi connectivity index (χ2v) is 10.6. The zero-order chi connectivity index (χ0) is 12.6. The molecular weight excluding hydrogens is 224 g/mol. The topological polar surface area (TPSA) is 52.6 Å². The van der Waals surface area contributed by atoms with Crippen LogP contribution >= 0.6 is 0 Å². The van der Waals surface area contributed by atoms with Crippen LogP contribution in [-0.2, 0) is 19.1 Å². The van der Waals surface area contributed by atoms with Crippen LogP contribution in [0.2, 0.25) is 25.7 Å². The summed E-state index contributed by atoms with van der Waals surface area (Å²) in [7, 11) is 0.212. The van der Waals surface area contributed by atoms with Crippen molar-refractivity contribution in [3.63, 3.8) is 0 Å². The molecule has 0 radical (unpaired) electrons. The molecule has 0 aliphatic heterocycles. The average Bonchev–Trinajstić information content (AvgIpc) is 2.15. The number of rotatable bonds is 7. The smallest absolute Gasteiger partial charge is 0.305 e. The monoisotopic (exact) mass is 246 g/mol. The lowest BCUT2D eigenvalue weighted by Gasteiger charge is -2.15. The number of hydrogen-bond donors (Lipinski definition) is 0. The Morgan fingerprint density at radius 1 is 1.06 bits per heavy atom. The minimum atomic E-state index is -1.13. The molecule has 0 aliphatic carbocycles. The summed E-state index contributed by atoms with van der Waals surface area (Å²) in [5.74, 6) is -0.503. The fourth-order valence-corrected chi connectivity index (χ4v) is 1.74. The number of carbonyl (C=O) groups excluding carboxylic acids is 2. The molecule has 0 heterocycles. The number of ether oxygens (including phenoxy) is 2. The lowest BCUT2D eigenvalue weighted by Crippen LogP contribution is -2.22. The standard InChI is InChI=1S/C11H22O4Si/c1-14-10(12)6-5-7-11(13)15-8-9-16(2,3)4/h5-9H2,1-4H3. The van der Waals surface area contributed by atoms with Gasteiger partial charge in [-0.1, -0.05) is 19.6 Å². The van der Waals surface area contributed by atoms with Gasteiger partial charge in [0.15, 0.2) is 0 Å². The predicted molar refractivity (Wildman–Crippen MR) is 65.0 cm³/mol. The molecule has 0 aromatic rings. The van der Waals surface area contributed by atoms with Crippen molar-refractivity contribution in [2.45, 2.75) is 44.9 Å². The summed E-state index contributed by atoms with van der Waals surface area (Å²) in [5, 5.41) is 0. The molecule has 0 aliphatic rings. The first-order valence-corrected chi connectivity index (χ1v) is 9.28. The molecule has 0 saturated carbocycles. The number of esters is 2. The third kappa shape index (κ3) is 9.70. The zero-order valence-electron chi connectivity index (χ0n) is 10.7. The van der Waals surface area contributed by atoms with Crippen LogP contribution in [0.4, 0.5) is 0 Å². The molecule has 0 aromatic heterocycles. The minimum Gasteiger partial charge on any atom is -0.469 e. The summed E-state index contributed by atoms with van der Waals surface area (Å²) in [4.78, 5) is 22.0. The second-order valence-electron chi connectivity index (χ2n) is 4.96. The maximum absolute atomic E-state index is 11.2. The van der Waals surface area contributed by atoms with Crippen LogP contribution in [0.15, 0.2) is 0 Å². The Kier molecular flexibility index (Phi) is 7.04. The van der Waals surface area contributed by atoms with E-state index in [1.54, 1.807) is 0 Å². The SMILES string of the molecule is COC(=O)CCCC(=O)OCC[Si](C)(C)C. The number of carbonyl (C=O) groups is 2. The molecule has 0 bridgehead atoms. The van der Waals surface area contributed by atoms with Gasteiger partial charge in [-0.2, -0.15) is 0 Å². The van der Waals surface area contributed by atoms with E-state index in [2.05, 4.69) is 24.4 Å². The number of methoxy groups -OCH3 is 1. The molecule has 0 rings (SSSR count). The fraction of sp³-hybridized carbons (Fsp3) is 0.818. The lowest BCUT2D eigenvalue weighted by atomic mass is 10.2. The molecule has 0 fully saturated rings. The van der Waals surface area contributed by atoms with E-state index in [4.69, 9.17) is 4.74 Å². The highest BCUT2D eigenvalue weighted by molar-refractivity contribution is 6.76. The number of hydrogen-bond acceptors (Lipinski definition) is 4. The third-order valence-corrected chi connectivity index (χ3v) is 3.81. The van der Waals surface area contributed by atoms with E-state index < -0.39 is 8.07 Å². The molecule has 94 valence electrons. The first kappa shape index (κ1) is 15.2. The van der Waals surface area contributed by atoms with Crippen molar-refractivity contribution >= 4 is 20.0 Å². The summed E-state index contributed by atoms with van der Waals surface area (Å²) in [6.07, 6.45) is 1.07. The quantitative estimate of drug-likeness (QED) is 0.510. The van der Waals surface area contributed by atoms with E-state index in [0.717, 1.165) is 6.04 Å². The van der Waals surface area contributed by atoms with Crippen LogP contribution < -0.4 is 0 Å². The van der Waals surface area contributed by atoms with E-state index >= 15 is 0 Å². The zero-order valence-corrected chi connectivity index (χ0v) is 11.7. The van der Waals surface area contributed by atoms with Crippen molar-refractivity contribution in [3.8, 4) is 0 Å². The van der Waals surface area contributed by atoms with E-state index in [1.165, 1.54) is 7.11 Å². The summed E-state index contributed by atoms with van der Waals surface area (Å²) in [6, 6.07) is 0.982. The van der Waals surface area contributed by atoms with E-state index in [0.29, 0.717) is 19.4 Å². The second kappa shape index (κ2) is 7.43. The Morgan fingerprint density at radius 3 is 2.12 bits per heavy atom. The molecule has 4 nitrogen and oxygen atoms in total. The molecule has 5 heteroatoms. The molecule has 0 N–H and O–H groups in total. The molecule has 0 saturated heterocycles. The molecule has 0 amide bonds. The lowest BCUT2D eigenvalue weighted by molar-refractivity contribution is -0.144. The van der Waals surface area contributed by atoms with Crippen molar-refractivity contribution in [3.05, 3.63) is 0 Å². The Balaban J connectivity index is 3.49. The van der Waals surface area contributed by atoms with Crippen LogP contribution in [0.25, 0.3) is 0 Å². The normalized spacial score (nSPS) is 11.0. The van der Waals surface area contributed by atoms with Gasteiger partial charge in [0.2, 0.25) is 0 Å². The van der Waals surface area contributed by atoms with E-state index in [9.17, 15) is 9.59 Å². The first-order chi connectivity index (χ1) is 7.35. The molecule has 0 aromatic carbocycles. The fourth-order valence-electron chi connectivity index (χ4n) is 1.02. The van der Waals surface area contributed by atoms with Crippen LogP contribution in [0, 0.1) is 0 Å². The van der Waals surface area contributed by atoms with Crippen LogP contribution in [0.1, 0.15) is 19.3 Å². The maximum Gasteiger partial charge on any atom is 0.305 e. The van der Waals surface area contributed by atoms with Crippen LogP contribution in [-0.4, -0.2) is 33.7 Å². The largest absolute Gasteiger partial charge is 0.469 e. The Morgan fingerprint density at radius 2 is 1.62 bits per heavy atom. The van der Waals surface area contributed by atoms with Gasteiger partial charge in [0.25, 0.3) is 0 Å². The van der Waals surface area contributed by atoms with Crippen LogP contribution in [0.5, 0.6) is 0 Å². The Hall–Kier alpha value is -0.843. The van der Waals surface area contributed by atoms with Gasteiger partial charge in [0.1, 0.15) is 0 Å². The van der Waals surface area contributed by atoms with Crippen molar-refractivity contribution in [1.29, 1.82) is 0 Å². The van der Waals surface area contributed by atoms with Crippen molar-refractivity contribution in [2.24, 2.45) is 0 Å². The Bertz CT molecular complexity index is 233. The van der Waals surface area contributed by atoms with Crippen molar-refractivity contribution in [1.82, 2.24) is 0 Å². The minimum absolute atomic E-state index is 0.220. The first-order valence-electron chi connectivity index (χ1n) is 5.57. The molecule has 0 unspecified atom stereocenters. The molecule has 16 heavy (non-hydrogen) atoms. The summed E-state index contributed by atoms with van der Waals surface area (Å²) >= 11 is 0. The van der Waals surface area contributed by atoms with Gasteiger partial charge in [-0.3, -0.25) is 9.59 Å². The highest BCUT2D eigenvalue weighted by Gasteiger charge is 2.13. The van der Waals surface area contributed by atoms with Crippen LogP contribution in [0.3, 0.4) is 0 Å².